The lowest BCUT2D eigenvalue weighted by Gasteiger charge is -2.24. The fraction of sp³-hybridized carbons (Fsp3) is 0.182. The lowest BCUT2D eigenvalue weighted by Crippen LogP contribution is -2.35. The largest absolute Gasteiger partial charge is 0.497 e. The number of benzene rings is 2. The van der Waals surface area contributed by atoms with Crippen LogP contribution in [0.4, 0.5) is 11.5 Å². The molecule has 0 spiro atoms. The minimum atomic E-state index is -0.815. The van der Waals surface area contributed by atoms with Crippen LogP contribution >= 0.6 is 0 Å². The number of ether oxygens (including phenoxy) is 1. The number of nitrogens with two attached hydrogens (primary N) is 1. The number of primary amides is 1. The number of carbonyl (C=O) groups excluding carboxylic acids is 3. The molecule has 158 valence electrons. The molecule has 1 aliphatic rings. The lowest BCUT2D eigenvalue weighted by atomic mass is 10.1. The molecule has 4 rings (SSSR count). The maximum atomic E-state index is 13.0. The van der Waals surface area contributed by atoms with Gasteiger partial charge in [0.05, 0.1) is 19.2 Å². The summed E-state index contributed by atoms with van der Waals surface area (Å²) in [5.41, 5.74) is 8.35. The van der Waals surface area contributed by atoms with Crippen molar-refractivity contribution in [1.82, 2.24) is 9.78 Å². The van der Waals surface area contributed by atoms with Crippen molar-refractivity contribution in [3.8, 4) is 17.0 Å². The number of anilines is 2. The van der Waals surface area contributed by atoms with Gasteiger partial charge in [-0.1, -0.05) is 0 Å². The maximum Gasteiger partial charge on any atom is 0.249 e. The third-order valence-corrected chi connectivity index (χ3v) is 5.18. The molecule has 2 aromatic carbocycles. The molecule has 0 radical (unpaired) electrons. The highest BCUT2D eigenvalue weighted by molar-refractivity contribution is 6.02. The van der Waals surface area contributed by atoms with Gasteiger partial charge < -0.3 is 21.1 Å². The summed E-state index contributed by atoms with van der Waals surface area (Å²) in [7, 11) is 1.59. The number of nitrogens with one attached hydrogen (secondary N) is 2. The van der Waals surface area contributed by atoms with E-state index in [9.17, 15) is 14.4 Å². The van der Waals surface area contributed by atoms with Gasteiger partial charge in [-0.25, -0.2) is 4.68 Å². The van der Waals surface area contributed by atoms with E-state index in [-0.39, 0.29) is 18.2 Å². The fourth-order valence-electron chi connectivity index (χ4n) is 3.51. The van der Waals surface area contributed by atoms with Crippen LogP contribution < -0.4 is 21.1 Å². The number of aromatic nitrogens is 2. The summed E-state index contributed by atoms with van der Waals surface area (Å²) >= 11 is 0. The Kier molecular flexibility index (Phi) is 5.16. The fourth-order valence-corrected chi connectivity index (χ4v) is 3.51. The SMILES string of the molecule is COc1ccc(-c2nn3c(c2C)NC(=O)C[C@@H]3C(=O)Nc2ccc(C(N)=O)cc2)cc1. The van der Waals surface area contributed by atoms with E-state index in [0.29, 0.717) is 22.8 Å². The minimum Gasteiger partial charge on any atom is -0.497 e. The number of rotatable bonds is 5. The second kappa shape index (κ2) is 7.94. The van der Waals surface area contributed by atoms with Gasteiger partial charge in [0.25, 0.3) is 0 Å². The molecule has 3 amide bonds. The Bertz CT molecular complexity index is 1170. The van der Waals surface area contributed by atoms with Crippen LogP contribution in [0.25, 0.3) is 11.3 Å². The Labute approximate surface area is 178 Å². The van der Waals surface area contributed by atoms with Gasteiger partial charge in [0.2, 0.25) is 17.7 Å². The molecule has 1 atom stereocenters. The van der Waals surface area contributed by atoms with Gasteiger partial charge in [0.1, 0.15) is 17.6 Å². The van der Waals surface area contributed by atoms with Crippen molar-refractivity contribution in [2.45, 2.75) is 19.4 Å². The third-order valence-electron chi connectivity index (χ3n) is 5.18. The first-order valence-corrected chi connectivity index (χ1v) is 9.61. The molecule has 0 unspecified atom stereocenters. The highest BCUT2D eigenvalue weighted by atomic mass is 16.5. The number of amides is 3. The van der Waals surface area contributed by atoms with Crippen LogP contribution in [0.15, 0.2) is 48.5 Å². The predicted molar refractivity (Wildman–Crippen MR) is 115 cm³/mol. The highest BCUT2D eigenvalue weighted by Crippen LogP contribution is 2.35. The Balaban J connectivity index is 1.64. The van der Waals surface area contributed by atoms with Gasteiger partial charge in [0.15, 0.2) is 0 Å². The van der Waals surface area contributed by atoms with Gasteiger partial charge in [0, 0.05) is 22.4 Å². The van der Waals surface area contributed by atoms with Crippen LogP contribution in [-0.2, 0) is 9.59 Å². The number of hydrogen-bond donors (Lipinski definition) is 3. The van der Waals surface area contributed by atoms with E-state index in [1.807, 2.05) is 31.2 Å². The van der Waals surface area contributed by atoms with E-state index in [1.54, 1.807) is 23.9 Å². The zero-order valence-corrected chi connectivity index (χ0v) is 17.0. The van der Waals surface area contributed by atoms with Crippen LogP contribution in [0.2, 0.25) is 0 Å². The number of carbonyl (C=O) groups is 3. The summed E-state index contributed by atoms with van der Waals surface area (Å²) in [6.45, 7) is 1.85. The van der Waals surface area contributed by atoms with Gasteiger partial charge >= 0.3 is 0 Å². The van der Waals surface area contributed by atoms with E-state index in [1.165, 1.54) is 12.1 Å². The van der Waals surface area contributed by atoms with Crippen molar-refractivity contribution in [2.75, 3.05) is 17.7 Å². The zero-order chi connectivity index (χ0) is 22.1. The van der Waals surface area contributed by atoms with E-state index >= 15 is 0 Å². The number of fused-ring (bicyclic) bond motifs is 1. The Hall–Kier alpha value is -4.14. The smallest absolute Gasteiger partial charge is 0.249 e. The van der Waals surface area contributed by atoms with Crippen LogP contribution in [0.1, 0.15) is 28.4 Å². The average molecular weight is 419 g/mol. The lowest BCUT2D eigenvalue weighted by molar-refractivity contribution is -0.125. The average Bonchev–Trinajstić information content (AvgIpc) is 3.10. The molecular weight excluding hydrogens is 398 g/mol. The number of hydrogen-bond acceptors (Lipinski definition) is 5. The summed E-state index contributed by atoms with van der Waals surface area (Å²) in [6, 6.07) is 12.8. The quantitative estimate of drug-likeness (QED) is 0.585. The molecule has 1 aliphatic heterocycles. The molecule has 0 aliphatic carbocycles. The molecule has 2 heterocycles. The molecule has 0 saturated heterocycles. The van der Waals surface area contributed by atoms with Crippen LogP contribution in [0.3, 0.4) is 0 Å². The van der Waals surface area contributed by atoms with Crippen LogP contribution in [0, 0.1) is 6.92 Å². The van der Waals surface area contributed by atoms with Gasteiger partial charge in [-0.3, -0.25) is 14.4 Å². The Morgan fingerprint density at radius 2 is 1.84 bits per heavy atom. The van der Waals surface area contributed by atoms with E-state index < -0.39 is 11.9 Å². The van der Waals surface area contributed by atoms with E-state index in [2.05, 4.69) is 15.7 Å². The Morgan fingerprint density at radius 1 is 1.16 bits per heavy atom. The number of methoxy groups -OCH3 is 1. The summed E-state index contributed by atoms with van der Waals surface area (Å²) in [6.07, 6.45) is -0.0403. The van der Waals surface area contributed by atoms with E-state index in [4.69, 9.17) is 10.5 Å². The van der Waals surface area contributed by atoms with Crippen LogP contribution in [-0.4, -0.2) is 34.6 Å². The molecule has 9 heteroatoms. The van der Waals surface area contributed by atoms with Crippen molar-refractivity contribution < 1.29 is 19.1 Å². The first-order valence-electron chi connectivity index (χ1n) is 9.61. The first kappa shape index (κ1) is 20.1. The van der Waals surface area contributed by atoms with Gasteiger partial charge in [-0.15, -0.1) is 0 Å². The van der Waals surface area contributed by atoms with Crippen molar-refractivity contribution in [3.63, 3.8) is 0 Å². The standard InChI is InChI=1S/C22H21N5O4/c1-12-19(13-5-9-16(31-2)10-6-13)26-27-17(11-18(28)25-21(12)27)22(30)24-15-7-3-14(4-8-15)20(23)29/h3-10,17H,11H2,1-2H3,(H2,23,29)(H,24,30)(H,25,28)/t17-/m1/s1. The monoisotopic (exact) mass is 419 g/mol. The maximum absolute atomic E-state index is 13.0. The van der Waals surface area contributed by atoms with Crippen molar-refractivity contribution in [1.29, 1.82) is 0 Å². The molecule has 1 aromatic heterocycles. The molecule has 31 heavy (non-hydrogen) atoms. The molecule has 4 N–H and O–H groups in total. The molecule has 0 saturated carbocycles. The second-order valence-electron chi connectivity index (χ2n) is 7.19. The van der Waals surface area contributed by atoms with Crippen LogP contribution in [0.5, 0.6) is 5.75 Å². The third kappa shape index (κ3) is 3.85. The topological polar surface area (TPSA) is 128 Å². The van der Waals surface area contributed by atoms with Gasteiger partial charge in [-0.2, -0.15) is 5.10 Å². The summed E-state index contributed by atoms with van der Waals surface area (Å²) in [5, 5.41) is 10.2. The highest BCUT2D eigenvalue weighted by Gasteiger charge is 2.34. The van der Waals surface area contributed by atoms with Crippen molar-refractivity contribution in [2.24, 2.45) is 5.73 Å². The predicted octanol–water partition coefficient (Wildman–Crippen LogP) is 2.49. The molecule has 0 bridgehead atoms. The summed E-state index contributed by atoms with van der Waals surface area (Å²) < 4.78 is 6.74. The normalized spacial score (nSPS) is 15.0. The minimum absolute atomic E-state index is 0.0403. The van der Waals surface area contributed by atoms with Crippen molar-refractivity contribution in [3.05, 3.63) is 59.7 Å². The summed E-state index contributed by atoms with van der Waals surface area (Å²) in [5.74, 6) is 0.0156. The zero-order valence-electron chi connectivity index (χ0n) is 17.0. The number of nitrogens with zero attached hydrogens (tertiary/aromatic N) is 2. The molecular formula is C22H21N5O4. The Morgan fingerprint density at radius 3 is 2.45 bits per heavy atom. The molecule has 9 nitrogen and oxygen atoms in total. The first-order chi connectivity index (χ1) is 14.9. The van der Waals surface area contributed by atoms with Crippen molar-refractivity contribution >= 4 is 29.2 Å². The second-order valence-corrected chi connectivity index (χ2v) is 7.19. The van der Waals surface area contributed by atoms with E-state index in [0.717, 1.165) is 16.9 Å². The van der Waals surface area contributed by atoms with Gasteiger partial charge in [-0.05, 0) is 55.5 Å². The molecule has 3 aromatic rings. The summed E-state index contributed by atoms with van der Waals surface area (Å²) in [4.78, 5) is 36.5. The molecule has 0 fully saturated rings.